The van der Waals surface area contributed by atoms with Crippen LogP contribution in [0, 0.1) is 0 Å². The minimum atomic E-state index is -2.86. The Labute approximate surface area is 140 Å². The molecule has 2 rings (SSSR count). The molecule has 0 bridgehead atoms. The second-order valence-electron chi connectivity index (χ2n) is 6.98. The minimum absolute atomic E-state index is 0.187. The summed E-state index contributed by atoms with van der Waals surface area (Å²) in [5.41, 5.74) is -0.374. The molecule has 1 aliphatic rings. The first-order valence-electron chi connectivity index (χ1n) is 6.86. The molecule has 7 heteroatoms. The molecule has 21 heavy (non-hydrogen) atoms. The van der Waals surface area contributed by atoms with E-state index in [1.165, 1.54) is 0 Å². The van der Waals surface area contributed by atoms with Gasteiger partial charge in [0.25, 0.3) is 7.44 Å². The number of rotatable bonds is 1. The van der Waals surface area contributed by atoms with E-state index in [4.69, 9.17) is 0 Å². The third-order valence-electron chi connectivity index (χ3n) is 2.93. The molecule has 1 saturated heterocycles. The van der Waals surface area contributed by atoms with E-state index in [-0.39, 0.29) is 11.1 Å². The van der Waals surface area contributed by atoms with Crippen LogP contribution >= 0.6 is 39.2 Å². The average molecular weight is 363 g/mol. The van der Waals surface area contributed by atoms with Gasteiger partial charge in [-0.1, -0.05) is 18.2 Å². The Hall–Kier alpha value is 0.420. The SMILES string of the molecule is CC(C)(C)N1SSSN(C(C)(C)C)P1(=O)c1ccccc1. The molecule has 0 amide bonds. The fourth-order valence-electron chi connectivity index (χ4n) is 2.10. The van der Waals surface area contributed by atoms with Gasteiger partial charge in [0, 0.05) is 48.2 Å². The molecule has 0 aliphatic carbocycles. The van der Waals surface area contributed by atoms with Crippen molar-refractivity contribution in [1.29, 1.82) is 0 Å². The van der Waals surface area contributed by atoms with Crippen molar-refractivity contribution in [3.8, 4) is 0 Å². The second kappa shape index (κ2) is 6.14. The van der Waals surface area contributed by atoms with Gasteiger partial charge >= 0.3 is 0 Å². The van der Waals surface area contributed by atoms with Crippen LogP contribution in [0.5, 0.6) is 0 Å². The lowest BCUT2D eigenvalue weighted by Crippen LogP contribution is -2.46. The van der Waals surface area contributed by atoms with E-state index in [0.29, 0.717) is 0 Å². The van der Waals surface area contributed by atoms with Gasteiger partial charge in [0.2, 0.25) is 0 Å². The van der Waals surface area contributed by atoms with Gasteiger partial charge in [-0.2, -0.15) is 8.15 Å². The Bertz CT molecular complexity index is 513. The molecule has 1 aromatic rings. The largest absolute Gasteiger partial charge is 0.282 e. The zero-order valence-corrected chi connectivity index (χ0v) is 16.7. The van der Waals surface area contributed by atoms with Crippen LogP contribution in [0.4, 0.5) is 0 Å². The van der Waals surface area contributed by atoms with Crippen molar-refractivity contribution < 1.29 is 4.57 Å². The van der Waals surface area contributed by atoms with Crippen molar-refractivity contribution in [2.45, 2.75) is 52.6 Å². The summed E-state index contributed by atoms with van der Waals surface area (Å²) in [7, 11) is 2.02. The van der Waals surface area contributed by atoms with Gasteiger partial charge in [0.15, 0.2) is 0 Å². The Balaban J connectivity index is 2.62. The normalized spacial score (nSPS) is 21.4. The van der Waals surface area contributed by atoms with Gasteiger partial charge in [-0.05, 0) is 53.7 Å². The maximum atomic E-state index is 14.2. The first kappa shape index (κ1) is 17.8. The van der Waals surface area contributed by atoms with Crippen LogP contribution in [-0.2, 0) is 4.57 Å². The van der Waals surface area contributed by atoms with Crippen LogP contribution in [0.1, 0.15) is 41.5 Å². The lowest BCUT2D eigenvalue weighted by atomic mass is 10.1. The topological polar surface area (TPSA) is 23.6 Å². The van der Waals surface area contributed by atoms with Crippen molar-refractivity contribution in [2.75, 3.05) is 0 Å². The molecular formula is C14H23N2OPS3. The molecule has 0 aromatic heterocycles. The Morgan fingerprint density at radius 3 is 1.67 bits per heavy atom. The van der Waals surface area contributed by atoms with Gasteiger partial charge in [0.05, 0.1) is 0 Å². The monoisotopic (exact) mass is 362 g/mol. The molecule has 3 nitrogen and oxygen atoms in total. The van der Waals surface area contributed by atoms with E-state index in [1.54, 1.807) is 31.8 Å². The highest BCUT2D eigenvalue weighted by Gasteiger charge is 2.52. The third-order valence-corrected chi connectivity index (χ3v) is 12.4. The minimum Gasteiger partial charge on any atom is -0.282 e. The van der Waals surface area contributed by atoms with Gasteiger partial charge in [-0.25, -0.2) is 0 Å². The molecule has 0 spiro atoms. The van der Waals surface area contributed by atoms with E-state index >= 15 is 0 Å². The quantitative estimate of drug-likeness (QED) is 0.367. The lowest BCUT2D eigenvalue weighted by molar-refractivity contribution is 0.324. The van der Waals surface area contributed by atoms with Gasteiger partial charge in [-0.3, -0.25) is 4.57 Å². The van der Waals surface area contributed by atoms with Gasteiger partial charge in [0.1, 0.15) is 0 Å². The van der Waals surface area contributed by atoms with E-state index in [1.807, 2.05) is 30.3 Å². The van der Waals surface area contributed by atoms with E-state index in [2.05, 4.69) is 49.7 Å². The van der Waals surface area contributed by atoms with Crippen molar-refractivity contribution in [3.63, 3.8) is 0 Å². The Morgan fingerprint density at radius 2 is 1.29 bits per heavy atom. The molecule has 0 radical (unpaired) electrons. The standard InChI is InChI=1S/C14H23N2OPS3/c1-13(2,3)15-18(17,12-10-8-7-9-11-12)16(14(4,5)6)20-21-19-15/h7-11H,1-6H3. The molecule has 0 saturated carbocycles. The predicted molar refractivity (Wildman–Crippen MR) is 99.6 cm³/mol. The van der Waals surface area contributed by atoms with Gasteiger partial charge in [-0.15, -0.1) is 0 Å². The summed E-state index contributed by atoms with van der Waals surface area (Å²) in [4.78, 5) is 0. The summed E-state index contributed by atoms with van der Waals surface area (Å²) in [6.07, 6.45) is 0. The zero-order valence-electron chi connectivity index (χ0n) is 13.4. The molecule has 1 aliphatic heterocycles. The number of hydrogen-bond acceptors (Lipinski definition) is 4. The molecule has 1 fully saturated rings. The molecule has 1 aromatic carbocycles. The van der Waals surface area contributed by atoms with E-state index < -0.39 is 7.44 Å². The summed E-state index contributed by atoms with van der Waals surface area (Å²) < 4.78 is 18.4. The average Bonchev–Trinajstić information content (AvgIpc) is 2.37. The van der Waals surface area contributed by atoms with Crippen molar-refractivity contribution >= 4 is 44.5 Å². The molecular weight excluding hydrogens is 339 g/mol. The van der Waals surface area contributed by atoms with Crippen molar-refractivity contribution in [2.24, 2.45) is 0 Å². The van der Waals surface area contributed by atoms with Crippen LogP contribution in [0.25, 0.3) is 0 Å². The van der Waals surface area contributed by atoms with Crippen LogP contribution in [0.3, 0.4) is 0 Å². The lowest BCUT2D eigenvalue weighted by Gasteiger charge is -2.50. The third kappa shape index (κ3) is 3.51. The first-order chi connectivity index (χ1) is 9.58. The summed E-state index contributed by atoms with van der Waals surface area (Å²) in [5, 5.41) is 0.898. The van der Waals surface area contributed by atoms with E-state index in [9.17, 15) is 4.57 Å². The van der Waals surface area contributed by atoms with Crippen molar-refractivity contribution in [3.05, 3.63) is 30.3 Å². The van der Waals surface area contributed by atoms with Crippen LogP contribution < -0.4 is 5.30 Å². The van der Waals surface area contributed by atoms with Gasteiger partial charge < -0.3 is 0 Å². The fraction of sp³-hybridized carbons (Fsp3) is 0.571. The maximum absolute atomic E-state index is 14.2. The molecule has 1 heterocycles. The molecule has 0 unspecified atom stereocenters. The Morgan fingerprint density at radius 1 is 0.857 bits per heavy atom. The Kier molecular flexibility index (Phi) is 5.19. The smallest absolute Gasteiger partial charge is 0.266 e. The summed E-state index contributed by atoms with van der Waals surface area (Å²) in [6, 6.07) is 9.86. The molecule has 0 atom stereocenters. The van der Waals surface area contributed by atoms with Crippen LogP contribution in [0.2, 0.25) is 0 Å². The predicted octanol–water partition coefficient (Wildman–Crippen LogP) is 5.58. The number of nitrogens with zero attached hydrogens (tertiary/aromatic N) is 2. The summed E-state index contributed by atoms with van der Waals surface area (Å²) in [5.74, 6) is 0. The van der Waals surface area contributed by atoms with Crippen LogP contribution in [-0.4, -0.2) is 19.2 Å². The molecule has 118 valence electrons. The highest BCUT2D eigenvalue weighted by atomic mass is 33.5. The zero-order chi connectivity index (χ0) is 15.9. The second-order valence-corrected chi connectivity index (χ2v) is 13.6. The maximum Gasteiger partial charge on any atom is 0.266 e. The summed E-state index contributed by atoms with van der Waals surface area (Å²) >= 11 is 0. The first-order valence-corrected chi connectivity index (χ1v) is 11.9. The molecule has 0 N–H and O–H groups in total. The number of benzene rings is 1. The fourth-order valence-corrected chi connectivity index (χ4v) is 13.5. The van der Waals surface area contributed by atoms with E-state index in [0.717, 1.165) is 5.30 Å². The summed E-state index contributed by atoms with van der Waals surface area (Å²) in [6.45, 7) is 12.7. The highest BCUT2D eigenvalue weighted by Crippen LogP contribution is 2.72. The number of hydrogen-bond donors (Lipinski definition) is 0. The van der Waals surface area contributed by atoms with Crippen LogP contribution in [0.15, 0.2) is 30.3 Å². The highest BCUT2D eigenvalue weighted by molar-refractivity contribution is 9.09. The van der Waals surface area contributed by atoms with Crippen molar-refractivity contribution in [1.82, 2.24) is 8.15 Å².